The number of carbonyl (C=O) groups excluding carboxylic acids is 1. The number of benzene rings is 2. The summed E-state index contributed by atoms with van der Waals surface area (Å²) >= 11 is 9.35. The van der Waals surface area contributed by atoms with Crippen LogP contribution in [-0.4, -0.2) is 47.7 Å². The van der Waals surface area contributed by atoms with Gasteiger partial charge in [0.05, 0.1) is 10.2 Å². The van der Waals surface area contributed by atoms with E-state index in [-0.39, 0.29) is 5.91 Å². The van der Waals surface area contributed by atoms with Gasteiger partial charge in [-0.05, 0) is 80.6 Å². The number of hydrogen-bond donors (Lipinski definition) is 0. The zero-order valence-corrected chi connectivity index (χ0v) is 21.7. The van der Waals surface area contributed by atoms with Crippen LogP contribution in [-0.2, 0) is 4.79 Å². The van der Waals surface area contributed by atoms with Crippen LogP contribution in [0.25, 0.3) is 10.2 Å². The molecular weight excluding hydrogens is 458 g/mol. The van der Waals surface area contributed by atoms with E-state index in [1.54, 1.807) is 23.1 Å². The molecule has 0 saturated carbocycles. The second kappa shape index (κ2) is 12.0. The zero-order chi connectivity index (χ0) is 23.1. The van der Waals surface area contributed by atoms with Crippen LogP contribution in [0.3, 0.4) is 0 Å². The summed E-state index contributed by atoms with van der Waals surface area (Å²) in [5, 5.41) is 1.56. The van der Waals surface area contributed by atoms with Crippen LogP contribution in [0.5, 0.6) is 0 Å². The second-order valence-electron chi connectivity index (χ2n) is 7.90. The minimum absolute atomic E-state index is 0.155. The molecule has 0 atom stereocenters. The average Bonchev–Trinajstić information content (AvgIpc) is 3.19. The maximum absolute atomic E-state index is 13.3. The maximum Gasteiger partial charge on any atom is 0.228 e. The third-order valence-electron chi connectivity index (χ3n) is 5.50. The van der Waals surface area contributed by atoms with E-state index in [9.17, 15) is 4.79 Å². The lowest BCUT2D eigenvalue weighted by molar-refractivity contribution is -0.118. The van der Waals surface area contributed by atoms with Crippen molar-refractivity contribution in [3.63, 3.8) is 0 Å². The molecule has 0 aliphatic carbocycles. The highest BCUT2D eigenvalue weighted by Crippen LogP contribution is 2.32. The maximum atomic E-state index is 13.3. The number of aryl methyl sites for hydroxylation is 2. The molecule has 0 aliphatic heterocycles. The lowest BCUT2D eigenvalue weighted by Gasteiger charge is -2.24. The van der Waals surface area contributed by atoms with E-state index in [1.165, 1.54) is 10.5 Å². The van der Waals surface area contributed by atoms with Gasteiger partial charge in [-0.15, -0.1) is 11.8 Å². The number of nitrogens with zero attached hydrogens (tertiary/aromatic N) is 3. The third-order valence-corrected chi connectivity index (χ3v) is 7.88. The molecule has 1 heterocycles. The molecule has 2 aromatic carbocycles. The molecular formula is C25H32ClN3OS2. The van der Waals surface area contributed by atoms with Crippen molar-refractivity contribution in [3.8, 4) is 0 Å². The van der Waals surface area contributed by atoms with Crippen LogP contribution in [0.2, 0.25) is 5.02 Å². The molecule has 0 spiro atoms. The molecule has 3 aromatic rings. The molecule has 4 nitrogen and oxygen atoms in total. The summed E-state index contributed by atoms with van der Waals surface area (Å²) < 4.78 is 1.15. The topological polar surface area (TPSA) is 36.4 Å². The number of amides is 1. The number of rotatable bonds is 11. The van der Waals surface area contributed by atoms with E-state index in [0.717, 1.165) is 57.7 Å². The Kier molecular flexibility index (Phi) is 9.41. The molecule has 0 unspecified atom stereocenters. The molecule has 3 rings (SSSR count). The third kappa shape index (κ3) is 6.70. The number of halogens is 1. The monoisotopic (exact) mass is 489 g/mol. The Bertz CT molecular complexity index is 1030. The Hall–Kier alpha value is -1.60. The van der Waals surface area contributed by atoms with Gasteiger partial charge in [0.25, 0.3) is 0 Å². The van der Waals surface area contributed by atoms with Gasteiger partial charge in [-0.25, -0.2) is 4.98 Å². The second-order valence-corrected chi connectivity index (χ2v) is 10.5. The first-order valence-corrected chi connectivity index (χ1v) is 13.4. The Morgan fingerprint density at radius 1 is 1.09 bits per heavy atom. The Morgan fingerprint density at radius 2 is 1.81 bits per heavy atom. The molecule has 0 N–H and O–H groups in total. The fraction of sp³-hybridized carbons (Fsp3) is 0.440. The fourth-order valence-corrected chi connectivity index (χ4v) is 5.83. The number of hydrogen-bond acceptors (Lipinski definition) is 5. The van der Waals surface area contributed by atoms with E-state index in [0.29, 0.717) is 13.0 Å². The van der Waals surface area contributed by atoms with Gasteiger partial charge in [-0.1, -0.05) is 42.9 Å². The normalized spacial score (nSPS) is 11.4. The van der Waals surface area contributed by atoms with Crippen LogP contribution in [0.4, 0.5) is 5.13 Å². The summed E-state index contributed by atoms with van der Waals surface area (Å²) in [7, 11) is 0. The van der Waals surface area contributed by atoms with Crippen molar-refractivity contribution in [1.82, 2.24) is 9.88 Å². The van der Waals surface area contributed by atoms with E-state index in [1.807, 2.05) is 29.2 Å². The van der Waals surface area contributed by atoms with Gasteiger partial charge in [0, 0.05) is 29.4 Å². The zero-order valence-electron chi connectivity index (χ0n) is 19.4. The molecule has 0 aliphatic rings. The first-order chi connectivity index (χ1) is 15.4. The molecule has 172 valence electrons. The molecule has 1 aromatic heterocycles. The summed E-state index contributed by atoms with van der Waals surface area (Å²) in [5.41, 5.74) is 3.40. The summed E-state index contributed by atoms with van der Waals surface area (Å²) in [5.74, 6) is 1.05. The van der Waals surface area contributed by atoms with Crippen LogP contribution in [0, 0.1) is 13.8 Å². The standard InChI is InChI=1S/C25H32ClN3OS2/c1-5-28(6-2)13-14-29(25-27-24-19(4)16-18(3)17-22(24)32-25)23(30)8-7-15-31-21-11-9-20(26)10-12-21/h9-12,16-17H,5-8,13-15H2,1-4H3. The van der Waals surface area contributed by atoms with Gasteiger partial charge in [-0.2, -0.15) is 0 Å². The number of carbonyl (C=O) groups is 1. The molecule has 0 saturated heterocycles. The molecule has 7 heteroatoms. The lowest BCUT2D eigenvalue weighted by Crippen LogP contribution is -2.38. The summed E-state index contributed by atoms with van der Waals surface area (Å²) in [6.45, 7) is 12.0. The highest BCUT2D eigenvalue weighted by atomic mass is 35.5. The molecule has 32 heavy (non-hydrogen) atoms. The fourth-order valence-electron chi connectivity index (χ4n) is 3.66. The van der Waals surface area contributed by atoms with Crippen molar-refractivity contribution in [1.29, 1.82) is 0 Å². The van der Waals surface area contributed by atoms with E-state index in [4.69, 9.17) is 16.6 Å². The first kappa shape index (κ1) is 25.0. The van der Waals surface area contributed by atoms with Gasteiger partial charge in [-0.3, -0.25) is 9.69 Å². The van der Waals surface area contributed by atoms with E-state index < -0.39 is 0 Å². The van der Waals surface area contributed by atoms with Crippen molar-refractivity contribution in [2.24, 2.45) is 0 Å². The van der Waals surface area contributed by atoms with Crippen LogP contribution in [0.15, 0.2) is 41.3 Å². The average molecular weight is 490 g/mol. The molecule has 0 fully saturated rings. The first-order valence-electron chi connectivity index (χ1n) is 11.2. The van der Waals surface area contributed by atoms with Gasteiger partial charge >= 0.3 is 0 Å². The van der Waals surface area contributed by atoms with Crippen molar-refractivity contribution < 1.29 is 4.79 Å². The number of fused-ring (bicyclic) bond motifs is 1. The van der Waals surface area contributed by atoms with Gasteiger partial charge in [0.2, 0.25) is 5.91 Å². The van der Waals surface area contributed by atoms with Crippen LogP contribution < -0.4 is 4.90 Å². The Morgan fingerprint density at radius 3 is 2.50 bits per heavy atom. The van der Waals surface area contributed by atoms with Gasteiger partial charge in [0.15, 0.2) is 5.13 Å². The highest BCUT2D eigenvalue weighted by Gasteiger charge is 2.21. The minimum Gasteiger partial charge on any atom is -0.302 e. The molecule has 0 bridgehead atoms. The SMILES string of the molecule is CCN(CC)CCN(C(=O)CCCSc1ccc(Cl)cc1)c1nc2c(C)cc(C)cc2s1. The van der Waals surface area contributed by atoms with Crippen molar-refractivity contribution in [3.05, 3.63) is 52.5 Å². The quantitative estimate of drug-likeness (QED) is 0.219. The van der Waals surface area contributed by atoms with Crippen molar-refractivity contribution >= 4 is 56.0 Å². The number of anilines is 1. The van der Waals surface area contributed by atoms with E-state index >= 15 is 0 Å². The predicted octanol–water partition coefficient (Wildman–Crippen LogP) is 6.81. The smallest absolute Gasteiger partial charge is 0.228 e. The lowest BCUT2D eigenvalue weighted by atomic mass is 10.1. The Labute approximate surface area is 205 Å². The molecule has 1 amide bonds. The van der Waals surface area contributed by atoms with Crippen molar-refractivity contribution in [2.45, 2.75) is 45.4 Å². The largest absolute Gasteiger partial charge is 0.302 e. The number of likely N-dealkylation sites (N-methyl/N-ethyl adjacent to an activating group) is 1. The van der Waals surface area contributed by atoms with Crippen LogP contribution >= 0.6 is 34.7 Å². The number of thioether (sulfide) groups is 1. The Balaban J connectivity index is 1.69. The predicted molar refractivity (Wildman–Crippen MR) is 141 cm³/mol. The molecule has 0 radical (unpaired) electrons. The van der Waals surface area contributed by atoms with E-state index in [2.05, 4.69) is 44.7 Å². The summed E-state index contributed by atoms with van der Waals surface area (Å²) in [6, 6.07) is 12.2. The van der Waals surface area contributed by atoms with Crippen molar-refractivity contribution in [2.75, 3.05) is 36.8 Å². The highest BCUT2D eigenvalue weighted by molar-refractivity contribution is 7.99. The van der Waals surface area contributed by atoms with Crippen LogP contribution in [0.1, 0.15) is 37.8 Å². The van der Waals surface area contributed by atoms with Gasteiger partial charge in [0.1, 0.15) is 0 Å². The summed E-state index contributed by atoms with van der Waals surface area (Å²) in [4.78, 5) is 23.6. The number of aromatic nitrogens is 1. The van der Waals surface area contributed by atoms with Gasteiger partial charge < -0.3 is 4.90 Å². The number of thiazole rings is 1. The summed E-state index contributed by atoms with van der Waals surface area (Å²) in [6.07, 6.45) is 1.35. The minimum atomic E-state index is 0.155.